The first-order valence-corrected chi connectivity index (χ1v) is 14.8. The Morgan fingerprint density at radius 2 is 1.29 bits per heavy atom. The fourth-order valence-corrected chi connectivity index (χ4v) is 6.04. The minimum atomic E-state index is -0.00420. The molecule has 1 aromatic carbocycles. The minimum absolute atomic E-state index is 0.00420. The predicted molar refractivity (Wildman–Crippen MR) is 162 cm³/mol. The van der Waals surface area contributed by atoms with Crippen LogP contribution in [0.2, 0.25) is 0 Å². The van der Waals surface area contributed by atoms with Crippen LogP contribution >= 0.6 is 0 Å². The lowest BCUT2D eigenvalue weighted by Crippen LogP contribution is -2.43. The van der Waals surface area contributed by atoms with E-state index in [1.165, 1.54) is 11.9 Å². The summed E-state index contributed by atoms with van der Waals surface area (Å²) in [5.74, 6) is 3.16. The lowest BCUT2D eigenvalue weighted by Gasteiger charge is -2.34. The van der Waals surface area contributed by atoms with Gasteiger partial charge in [-0.05, 0) is 44.2 Å². The first kappa shape index (κ1) is 28.0. The zero-order valence-electron chi connectivity index (χ0n) is 23.8. The Hall–Kier alpha value is -4.16. The molecule has 12 nitrogen and oxygen atoms in total. The van der Waals surface area contributed by atoms with E-state index in [1.807, 2.05) is 0 Å². The number of carbonyl (C=O) groups excluding carboxylic acids is 2. The third kappa shape index (κ3) is 6.50. The van der Waals surface area contributed by atoms with Gasteiger partial charge in [-0.25, -0.2) is 19.9 Å². The molecule has 2 aromatic heterocycles. The van der Waals surface area contributed by atoms with Crippen LogP contribution in [0, 0.1) is 0 Å². The number of amides is 2. The molecule has 0 atom stereocenters. The Morgan fingerprint density at radius 3 is 1.83 bits per heavy atom. The van der Waals surface area contributed by atoms with E-state index < -0.39 is 0 Å². The van der Waals surface area contributed by atoms with E-state index in [-0.39, 0.29) is 11.8 Å². The average molecular weight is 571 g/mol. The van der Waals surface area contributed by atoms with Crippen molar-refractivity contribution in [2.45, 2.75) is 57.0 Å². The van der Waals surface area contributed by atoms with Gasteiger partial charge in [-0.1, -0.05) is 30.3 Å². The normalized spacial score (nSPS) is 18.6. The summed E-state index contributed by atoms with van der Waals surface area (Å²) in [5, 5.41) is 9.22. The summed E-state index contributed by atoms with van der Waals surface area (Å²) in [6.07, 6.45) is 9.02. The highest BCUT2D eigenvalue weighted by atomic mass is 16.2. The van der Waals surface area contributed by atoms with Crippen molar-refractivity contribution in [2.24, 2.45) is 5.73 Å². The Morgan fingerprint density at radius 1 is 0.762 bits per heavy atom. The Kier molecular flexibility index (Phi) is 8.52. The summed E-state index contributed by atoms with van der Waals surface area (Å²) in [6, 6.07) is 11.4. The Balaban J connectivity index is 0.000000162. The summed E-state index contributed by atoms with van der Waals surface area (Å²) >= 11 is 0. The molecule has 4 aliphatic heterocycles. The molecule has 4 aliphatic rings. The molecule has 0 spiro atoms. The Labute approximate surface area is 245 Å². The van der Waals surface area contributed by atoms with Gasteiger partial charge in [0.05, 0.1) is 12.8 Å². The molecule has 0 bridgehead atoms. The molecule has 0 aliphatic carbocycles. The molecule has 2 amide bonds. The van der Waals surface area contributed by atoms with Gasteiger partial charge in [0.25, 0.3) is 0 Å². The van der Waals surface area contributed by atoms with Crippen molar-refractivity contribution in [3.8, 4) is 0 Å². The lowest BCUT2D eigenvalue weighted by molar-refractivity contribution is -0.115. The maximum absolute atomic E-state index is 11.6. The molecular formula is C30H38N10O2. The van der Waals surface area contributed by atoms with Gasteiger partial charge in [-0.2, -0.15) is 0 Å². The maximum Gasteiger partial charge on any atom is 0.230 e. The third-order valence-corrected chi connectivity index (χ3v) is 8.36. The van der Waals surface area contributed by atoms with Crippen molar-refractivity contribution in [3.05, 3.63) is 59.7 Å². The third-order valence-electron chi connectivity index (χ3n) is 8.36. The average Bonchev–Trinajstić information content (AvgIpc) is 3.59. The van der Waals surface area contributed by atoms with Crippen LogP contribution in [0.1, 0.15) is 42.4 Å². The van der Waals surface area contributed by atoms with Gasteiger partial charge in [-0.15, -0.1) is 0 Å². The largest absolute Gasteiger partial charge is 0.356 e. The van der Waals surface area contributed by atoms with E-state index in [9.17, 15) is 9.59 Å². The van der Waals surface area contributed by atoms with E-state index in [1.54, 1.807) is 6.33 Å². The molecular weight excluding hydrogens is 532 g/mol. The monoisotopic (exact) mass is 570 g/mol. The van der Waals surface area contributed by atoms with E-state index >= 15 is 0 Å². The van der Waals surface area contributed by atoms with Gasteiger partial charge >= 0.3 is 0 Å². The van der Waals surface area contributed by atoms with Crippen LogP contribution in [-0.2, 0) is 28.9 Å². The molecule has 5 N–H and O–H groups in total. The van der Waals surface area contributed by atoms with Crippen molar-refractivity contribution in [1.82, 2.24) is 25.3 Å². The molecule has 2 saturated heterocycles. The summed E-state index contributed by atoms with van der Waals surface area (Å²) in [4.78, 5) is 44.5. The second-order valence-corrected chi connectivity index (χ2v) is 11.3. The number of aromatic nitrogens is 4. The molecule has 2 fully saturated rings. The summed E-state index contributed by atoms with van der Waals surface area (Å²) in [7, 11) is 0. The van der Waals surface area contributed by atoms with Crippen molar-refractivity contribution in [2.75, 3.05) is 53.2 Å². The van der Waals surface area contributed by atoms with Crippen molar-refractivity contribution in [1.29, 1.82) is 0 Å². The highest BCUT2D eigenvalue weighted by molar-refractivity contribution is 6.00. The number of piperidine rings is 2. The number of rotatable bonds is 6. The molecule has 0 radical (unpaired) electrons. The molecule has 6 heterocycles. The molecule has 12 heteroatoms. The second kappa shape index (κ2) is 12.8. The number of hydrogen-bond acceptors (Lipinski definition) is 10. The summed E-state index contributed by atoms with van der Waals surface area (Å²) in [6.45, 7) is 4.73. The SMILES string of the molecule is NC1CCN(c2ncnc3c2CC(=O)N3)CC1.O=C1Cc2c(ncnc2N2CCC(NCCc3ccccc3)CC2)N1. The summed E-state index contributed by atoms with van der Waals surface area (Å²) < 4.78 is 0. The van der Waals surface area contributed by atoms with Gasteiger partial charge in [-0.3, -0.25) is 9.59 Å². The van der Waals surface area contributed by atoms with Gasteiger partial charge in [0.15, 0.2) is 0 Å². The van der Waals surface area contributed by atoms with Crippen molar-refractivity contribution >= 4 is 35.1 Å². The zero-order valence-corrected chi connectivity index (χ0v) is 23.8. The molecule has 42 heavy (non-hydrogen) atoms. The number of nitrogens with one attached hydrogen (secondary N) is 3. The van der Waals surface area contributed by atoms with Crippen molar-refractivity contribution < 1.29 is 9.59 Å². The molecule has 220 valence electrons. The molecule has 0 saturated carbocycles. The van der Waals surface area contributed by atoms with Gasteiger partial charge in [0.1, 0.15) is 35.9 Å². The van der Waals surface area contributed by atoms with E-state index in [2.05, 4.69) is 76.0 Å². The Bertz CT molecular complexity index is 1400. The molecule has 7 rings (SSSR count). The molecule has 0 unspecified atom stereocenters. The lowest BCUT2D eigenvalue weighted by atomic mass is 10.0. The smallest absolute Gasteiger partial charge is 0.230 e. The van der Waals surface area contributed by atoms with Crippen molar-refractivity contribution in [3.63, 3.8) is 0 Å². The zero-order chi connectivity index (χ0) is 28.9. The number of nitrogens with zero attached hydrogens (tertiary/aromatic N) is 6. The second-order valence-electron chi connectivity index (χ2n) is 11.3. The van der Waals surface area contributed by atoms with Gasteiger partial charge in [0.2, 0.25) is 11.8 Å². The van der Waals surface area contributed by atoms with E-state index in [0.717, 1.165) is 87.6 Å². The highest BCUT2D eigenvalue weighted by Crippen LogP contribution is 2.31. The highest BCUT2D eigenvalue weighted by Gasteiger charge is 2.29. The number of carbonyl (C=O) groups is 2. The fraction of sp³-hybridized carbons (Fsp3) is 0.467. The van der Waals surface area contributed by atoms with Gasteiger partial charge < -0.3 is 31.5 Å². The first-order chi connectivity index (χ1) is 20.5. The number of benzene rings is 1. The standard InChI is InChI=1S/C19H23N5O.C11H15N5O/c25-17-12-16-18(23-17)21-13-22-19(16)24-10-7-15(8-11-24)20-9-6-14-4-2-1-3-5-14;12-7-1-3-16(4-2-7)11-8-5-9(17)15-10(8)13-6-14-11/h1-5,13,15,20H,6-12H2,(H,21,22,23,25);6-7H,1-5,12H2,(H,13,14,15,17). The van der Waals surface area contributed by atoms with Crippen LogP contribution in [0.25, 0.3) is 0 Å². The molecule has 3 aromatic rings. The fourth-order valence-electron chi connectivity index (χ4n) is 6.04. The predicted octanol–water partition coefficient (Wildman–Crippen LogP) is 1.67. The topological polar surface area (TPSA) is 154 Å². The quantitative estimate of drug-likeness (QED) is 0.344. The first-order valence-electron chi connectivity index (χ1n) is 14.8. The number of nitrogens with two attached hydrogens (primary N) is 1. The van der Waals surface area contributed by atoms with Crippen LogP contribution in [0.3, 0.4) is 0 Å². The number of anilines is 4. The van der Waals surface area contributed by atoms with Crippen LogP contribution in [0.5, 0.6) is 0 Å². The minimum Gasteiger partial charge on any atom is -0.356 e. The van der Waals surface area contributed by atoms with Crippen LogP contribution < -0.4 is 31.5 Å². The maximum atomic E-state index is 11.6. The van der Waals surface area contributed by atoms with E-state index in [4.69, 9.17) is 5.73 Å². The number of hydrogen-bond donors (Lipinski definition) is 4. The van der Waals surface area contributed by atoms with Crippen LogP contribution in [0.4, 0.5) is 23.3 Å². The van der Waals surface area contributed by atoms with Crippen LogP contribution in [0.15, 0.2) is 43.0 Å². The van der Waals surface area contributed by atoms with Crippen LogP contribution in [-0.4, -0.2) is 76.6 Å². The summed E-state index contributed by atoms with van der Waals surface area (Å²) in [5.41, 5.74) is 9.13. The van der Waals surface area contributed by atoms with E-state index in [0.29, 0.717) is 36.6 Å². The number of fused-ring (bicyclic) bond motifs is 2. The van der Waals surface area contributed by atoms with Gasteiger partial charge in [0, 0.05) is 49.4 Å².